The minimum Gasteiger partial charge on any atom is -0.354 e. The van der Waals surface area contributed by atoms with Crippen molar-refractivity contribution in [3.8, 4) is 0 Å². The molecule has 0 saturated heterocycles. The van der Waals surface area contributed by atoms with Crippen LogP contribution in [0.4, 0.5) is 5.69 Å². The largest absolute Gasteiger partial charge is 0.354 e. The highest BCUT2D eigenvalue weighted by Crippen LogP contribution is 2.27. The average Bonchev–Trinajstić information content (AvgIpc) is 2.88. The van der Waals surface area contributed by atoms with Crippen LogP contribution < -0.4 is 9.62 Å². The Hall–Kier alpha value is -3.35. The second-order valence-electron chi connectivity index (χ2n) is 9.49. The highest BCUT2D eigenvalue weighted by atomic mass is 35.5. The zero-order valence-corrected chi connectivity index (χ0v) is 22.8. The van der Waals surface area contributed by atoms with Crippen LogP contribution in [0.2, 0.25) is 5.02 Å². The average molecular weight is 535 g/mol. The van der Waals surface area contributed by atoms with E-state index in [0.29, 0.717) is 17.3 Å². The molecule has 37 heavy (non-hydrogen) atoms. The van der Waals surface area contributed by atoms with E-state index in [0.717, 1.165) is 21.9 Å². The molecule has 1 N–H and O–H groups in total. The molecule has 0 bridgehead atoms. The molecule has 4 aromatic carbocycles. The number of nitrogens with one attached hydrogen (secondary N) is 1. The Kier molecular flexibility index (Phi) is 8.20. The topological polar surface area (TPSA) is 66.5 Å². The molecule has 0 spiro atoms. The van der Waals surface area contributed by atoms with Crippen molar-refractivity contribution >= 4 is 44.0 Å². The predicted octanol–water partition coefficient (Wildman–Crippen LogP) is 6.30. The van der Waals surface area contributed by atoms with Crippen molar-refractivity contribution in [1.29, 1.82) is 0 Å². The molecule has 4 aromatic rings. The Morgan fingerprint density at radius 2 is 1.62 bits per heavy atom. The van der Waals surface area contributed by atoms with E-state index in [1.807, 2.05) is 38.1 Å². The third kappa shape index (κ3) is 6.32. The van der Waals surface area contributed by atoms with Gasteiger partial charge in [0.05, 0.1) is 10.6 Å². The molecule has 0 radical (unpaired) electrons. The maximum Gasteiger partial charge on any atom is 0.264 e. The first kappa shape index (κ1) is 26.7. The number of carbonyl (C=O) groups is 1. The minimum atomic E-state index is -3.99. The van der Waals surface area contributed by atoms with Gasteiger partial charge in [-0.25, -0.2) is 8.42 Å². The van der Waals surface area contributed by atoms with Gasteiger partial charge in [0.15, 0.2) is 0 Å². The van der Waals surface area contributed by atoms with Gasteiger partial charge in [-0.05, 0) is 90.0 Å². The first-order chi connectivity index (χ1) is 17.6. The van der Waals surface area contributed by atoms with E-state index in [4.69, 9.17) is 11.6 Å². The van der Waals surface area contributed by atoms with E-state index in [9.17, 15) is 13.2 Å². The van der Waals surface area contributed by atoms with Gasteiger partial charge in [0.25, 0.3) is 10.0 Å². The fourth-order valence-electron chi connectivity index (χ4n) is 4.32. The van der Waals surface area contributed by atoms with E-state index < -0.39 is 10.0 Å². The Bertz CT molecular complexity index is 1510. The Morgan fingerprint density at radius 3 is 2.35 bits per heavy atom. The fourth-order valence-corrected chi connectivity index (χ4v) is 5.86. The number of hydrogen-bond acceptors (Lipinski definition) is 3. The smallest absolute Gasteiger partial charge is 0.264 e. The van der Waals surface area contributed by atoms with Crippen LogP contribution in [0, 0.1) is 19.8 Å². The molecule has 0 heterocycles. The molecular weight excluding hydrogens is 504 g/mol. The summed E-state index contributed by atoms with van der Waals surface area (Å²) in [5.41, 5.74) is 3.65. The standard InChI is InChI=1S/C30H31ClN2O3S/c1-21(17-25-9-6-8-24-7-4-5-10-29(24)25)19-32-30(34)20-33(27-14-11-22(2)23(3)18-27)37(35,36)28-15-12-26(31)13-16-28/h4-16,18,21H,17,19-20H2,1-3H3,(H,32,34). The zero-order valence-electron chi connectivity index (χ0n) is 21.2. The molecule has 0 aliphatic rings. The molecule has 1 unspecified atom stereocenters. The van der Waals surface area contributed by atoms with Gasteiger partial charge in [-0.15, -0.1) is 0 Å². The van der Waals surface area contributed by atoms with E-state index in [1.165, 1.54) is 40.6 Å². The van der Waals surface area contributed by atoms with Gasteiger partial charge in [-0.1, -0.05) is 67.1 Å². The predicted molar refractivity (Wildman–Crippen MR) is 152 cm³/mol. The van der Waals surface area contributed by atoms with E-state index >= 15 is 0 Å². The van der Waals surface area contributed by atoms with Crippen LogP contribution in [0.3, 0.4) is 0 Å². The second kappa shape index (κ2) is 11.4. The summed E-state index contributed by atoms with van der Waals surface area (Å²) in [5, 5.41) is 5.78. The lowest BCUT2D eigenvalue weighted by Gasteiger charge is -2.25. The molecule has 0 aliphatic carbocycles. The molecule has 7 heteroatoms. The summed E-state index contributed by atoms with van der Waals surface area (Å²) in [4.78, 5) is 13.1. The van der Waals surface area contributed by atoms with Crippen molar-refractivity contribution in [3.63, 3.8) is 0 Å². The number of carbonyl (C=O) groups excluding carboxylic acids is 1. The lowest BCUT2D eigenvalue weighted by atomic mass is 9.96. The summed E-state index contributed by atoms with van der Waals surface area (Å²) < 4.78 is 28.3. The van der Waals surface area contributed by atoms with Crippen LogP contribution in [-0.4, -0.2) is 27.4 Å². The quantitative estimate of drug-likeness (QED) is 0.274. The summed E-state index contributed by atoms with van der Waals surface area (Å²) in [6.45, 7) is 6.06. The third-order valence-electron chi connectivity index (χ3n) is 6.56. The number of anilines is 1. The Morgan fingerprint density at radius 1 is 0.919 bits per heavy atom. The molecule has 1 atom stereocenters. The number of benzene rings is 4. The number of aryl methyl sites for hydroxylation is 2. The molecule has 0 fully saturated rings. The van der Waals surface area contributed by atoms with Crippen LogP contribution in [0.5, 0.6) is 0 Å². The number of fused-ring (bicyclic) bond motifs is 1. The lowest BCUT2D eigenvalue weighted by Crippen LogP contribution is -2.42. The number of amides is 1. The first-order valence-corrected chi connectivity index (χ1v) is 14.1. The molecule has 4 rings (SSSR count). The van der Waals surface area contributed by atoms with Crippen molar-refractivity contribution in [2.75, 3.05) is 17.4 Å². The maximum atomic E-state index is 13.6. The van der Waals surface area contributed by atoms with Gasteiger partial charge >= 0.3 is 0 Å². The van der Waals surface area contributed by atoms with Crippen LogP contribution in [0.1, 0.15) is 23.6 Å². The van der Waals surface area contributed by atoms with Crippen LogP contribution >= 0.6 is 11.6 Å². The minimum absolute atomic E-state index is 0.0762. The Balaban J connectivity index is 1.50. The number of sulfonamides is 1. The van der Waals surface area contributed by atoms with E-state index in [2.05, 4.69) is 36.5 Å². The van der Waals surface area contributed by atoms with E-state index in [-0.39, 0.29) is 23.3 Å². The van der Waals surface area contributed by atoms with Gasteiger partial charge in [-0.2, -0.15) is 0 Å². The van der Waals surface area contributed by atoms with Crippen molar-refractivity contribution < 1.29 is 13.2 Å². The summed E-state index contributed by atoms with van der Waals surface area (Å²) in [6, 6.07) is 25.9. The maximum absolute atomic E-state index is 13.6. The van der Waals surface area contributed by atoms with Gasteiger partial charge in [0.2, 0.25) is 5.91 Å². The van der Waals surface area contributed by atoms with E-state index in [1.54, 1.807) is 12.1 Å². The SMILES string of the molecule is Cc1ccc(N(CC(=O)NCC(C)Cc2cccc3ccccc23)S(=O)(=O)c2ccc(Cl)cc2)cc1C. The normalized spacial score (nSPS) is 12.3. The lowest BCUT2D eigenvalue weighted by molar-refractivity contribution is -0.119. The van der Waals surface area contributed by atoms with Crippen molar-refractivity contribution in [1.82, 2.24) is 5.32 Å². The second-order valence-corrected chi connectivity index (χ2v) is 11.8. The third-order valence-corrected chi connectivity index (χ3v) is 8.60. The van der Waals surface area contributed by atoms with Crippen molar-refractivity contribution in [2.45, 2.75) is 32.1 Å². The molecule has 1 amide bonds. The van der Waals surface area contributed by atoms with Crippen LogP contribution in [-0.2, 0) is 21.2 Å². The van der Waals surface area contributed by atoms with Gasteiger partial charge < -0.3 is 5.32 Å². The summed E-state index contributed by atoms with van der Waals surface area (Å²) >= 11 is 5.97. The van der Waals surface area contributed by atoms with Gasteiger partial charge in [-0.3, -0.25) is 9.10 Å². The number of rotatable bonds is 9. The van der Waals surface area contributed by atoms with Gasteiger partial charge in [0.1, 0.15) is 6.54 Å². The molecule has 0 saturated carbocycles. The van der Waals surface area contributed by atoms with Crippen molar-refractivity contribution in [2.24, 2.45) is 5.92 Å². The number of nitrogens with zero attached hydrogens (tertiary/aromatic N) is 1. The monoisotopic (exact) mass is 534 g/mol. The van der Waals surface area contributed by atoms with Crippen LogP contribution in [0.25, 0.3) is 10.8 Å². The summed E-state index contributed by atoms with van der Waals surface area (Å²) in [5.74, 6) is -0.196. The van der Waals surface area contributed by atoms with Gasteiger partial charge in [0, 0.05) is 11.6 Å². The summed E-state index contributed by atoms with van der Waals surface area (Å²) in [7, 11) is -3.99. The molecule has 5 nitrogen and oxygen atoms in total. The first-order valence-electron chi connectivity index (χ1n) is 12.2. The molecule has 192 valence electrons. The van der Waals surface area contributed by atoms with Crippen molar-refractivity contribution in [3.05, 3.63) is 107 Å². The Labute approximate surface area is 224 Å². The fraction of sp³-hybridized carbons (Fsp3) is 0.233. The summed E-state index contributed by atoms with van der Waals surface area (Å²) in [6.07, 6.45) is 0.797. The van der Waals surface area contributed by atoms with Crippen LogP contribution in [0.15, 0.2) is 89.8 Å². The number of halogens is 1. The highest BCUT2D eigenvalue weighted by Gasteiger charge is 2.27. The highest BCUT2D eigenvalue weighted by molar-refractivity contribution is 7.92. The molecular formula is C30H31ClN2O3S. The number of hydrogen-bond donors (Lipinski definition) is 1. The molecule has 0 aliphatic heterocycles. The zero-order chi connectivity index (χ0) is 26.6. The molecule has 0 aromatic heterocycles.